The van der Waals surface area contributed by atoms with Crippen LogP contribution in [0.25, 0.3) is 0 Å². The van der Waals surface area contributed by atoms with Crippen molar-refractivity contribution >= 4 is 11.8 Å². The van der Waals surface area contributed by atoms with E-state index in [-0.39, 0.29) is 0 Å². The van der Waals surface area contributed by atoms with E-state index in [1.54, 1.807) is 6.92 Å². The van der Waals surface area contributed by atoms with Crippen LogP contribution in [0.5, 0.6) is 0 Å². The largest absolute Gasteiger partial charge is 0.426 e. The molecule has 0 aliphatic rings. The lowest BCUT2D eigenvalue weighted by Crippen LogP contribution is -2.28. The fourth-order valence-corrected chi connectivity index (χ4v) is 1.27. The van der Waals surface area contributed by atoms with Gasteiger partial charge in [-0.25, -0.2) is 4.79 Å². The molecule has 1 atom stereocenters. The van der Waals surface area contributed by atoms with Crippen molar-refractivity contribution in [1.82, 2.24) is 5.32 Å². The predicted molar refractivity (Wildman–Crippen MR) is 63.0 cm³/mol. The summed E-state index contributed by atoms with van der Waals surface area (Å²) in [7, 11) is 1.52. The second-order valence-corrected chi connectivity index (χ2v) is 3.35. The van der Waals surface area contributed by atoms with Crippen molar-refractivity contribution < 1.29 is 9.53 Å². The van der Waals surface area contributed by atoms with Gasteiger partial charge in [-0.2, -0.15) is 0 Å². The zero-order valence-electron chi connectivity index (χ0n) is 9.49. The van der Waals surface area contributed by atoms with Crippen LogP contribution in [-0.2, 0) is 11.3 Å². The molecule has 0 saturated heterocycles. The number of carbonyl (C=O) groups excluding carboxylic acids is 1. The van der Waals surface area contributed by atoms with Crippen molar-refractivity contribution in [3.8, 4) is 0 Å². The molecule has 0 saturated carbocycles. The van der Waals surface area contributed by atoms with Gasteiger partial charge in [-0.1, -0.05) is 12.1 Å². The second kappa shape index (κ2) is 5.97. The first-order valence-electron chi connectivity index (χ1n) is 5.09. The van der Waals surface area contributed by atoms with Crippen LogP contribution in [-0.4, -0.2) is 19.4 Å². The Balaban J connectivity index is 2.55. The number of amides is 1. The van der Waals surface area contributed by atoms with Crippen LogP contribution < -0.4 is 16.4 Å². The zero-order valence-corrected chi connectivity index (χ0v) is 9.49. The van der Waals surface area contributed by atoms with Crippen molar-refractivity contribution in [3.05, 3.63) is 29.8 Å². The zero-order chi connectivity index (χ0) is 12.0. The van der Waals surface area contributed by atoms with E-state index in [0.29, 0.717) is 6.54 Å². The molecular weight excluding hydrogens is 206 g/mol. The third-order valence-corrected chi connectivity index (χ3v) is 2.02. The maximum atomic E-state index is 10.9. The van der Waals surface area contributed by atoms with Gasteiger partial charge in [0.05, 0.1) is 0 Å². The summed E-state index contributed by atoms with van der Waals surface area (Å²) in [6.07, 6.45) is -0.858. The molecule has 0 heterocycles. The van der Waals surface area contributed by atoms with Gasteiger partial charge in [-0.15, -0.1) is 0 Å². The SMILES string of the molecule is CNC(=O)OC(C)Nc1cccc(CN)c1. The van der Waals surface area contributed by atoms with Crippen molar-refractivity contribution in [2.45, 2.75) is 19.7 Å². The van der Waals surface area contributed by atoms with Crippen molar-refractivity contribution in [2.24, 2.45) is 5.73 Å². The lowest BCUT2D eigenvalue weighted by Gasteiger charge is -2.16. The Morgan fingerprint density at radius 1 is 1.56 bits per heavy atom. The molecule has 1 aromatic carbocycles. The smallest absolute Gasteiger partial charge is 0.408 e. The maximum Gasteiger partial charge on any atom is 0.408 e. The summed E-state index contributed by atoms with van der Waals surface area (Å²) in [5, 5.41) is 5.43. The van der Waals surface area contributed by atoms with E-state index in [0.717, 1.165) is 11.3 Å². The van der Waals surface area contributed by atoms with Gasteiger partial charge >= 0.3 is 6.09 Å². The first-order chi connectivity index (χ1) is 7.65. The van der Waals surface area contributed by atoms with Crippen LogP contribution in [0.1, 0.15) is 12.5 Å². The number of hydrogen-bond donors (Lipinski definition) is 3. The number of rotatable bonds is 4. The average molecular weight is 223 g/mol. The minimum absolute atomic E-state index is 0.395. The van der Waals surface area contributed by atoms with Crippen molar-refractivity contribution in [1.29, 1.82) is 0 Å². The van der Waals surface area contributed by atoms with Gasteiger partial charge in [-0.3, -0.25) is 0 Å². The van der Waals surface area contributed by atoms with E-state index in [9.17, 15) is 4.79 Å². The summed E-state index contributed by atoms with van der Waals surface area (Å²) in [4.78, 5) is 10.9. The first kappa shape index (κ1) is 12.3. The Bertz CT molecular complexity index is 355. The number of anilines is 1. The number of ether oxygens (including phenoxy) is 1. The number of alkyl carbamates (subject to hydrolysis) is 1. The second-order valence-electron chi connectivity index (χ2n) is 3.35. The minimum atomic E-state index is -0.463. The standard InChI is InChI=1S/C11H17N3O2/c1-8(16-11(15)13-2)14-10-5-3-4-9(6-10)7-12/h3-6,8,14H,7,12H2,1-2H3,(H,13,15). The molecule has 0 aliphatic carbocycles. The Hall–Kier alpha value is -1.75. The van der Waals surface area contributed by atoms with E-state index in [2.05, 4.69) is 10.6 Å². The molecule has 1 aromatic rings. The highest BCUT2D eigenvalue weighted by molar-refractivity contribution is 5.67. The highest BCUT2D eigenvalue weighted by atomic mass is 16.6. The molecule has 0 fully saturated rings. The van der Waals surface area contributed by atoms with Crippen LogP contribution >= 0.6 is 0 Å². The fraction of sp³-hybridized carbons (Fsp3) is 0.364. The van der Waals surface area contributed by atoms with Crippen LogP contribution in [0, 0.1) is 0 Å². The minimum Gasteiger partial charge on any atom is -0.426 e. The Morgan fingerprint density at radius 3 is 2.94 bits per heavy atom. The molecule has 16 heavy (non-hydrogen) atoms. The molecule has 1 rings (SSSR count). The van der Waals surface area contributed by atoms with Crippen LogP contribution in [0.4, 0.5) is 10.5 Å². The summed E-state index contributed by atoms with van der Waals surface area (Å²) in [6.45, 7) is 2.24. The monoisotopic (exact) mass is 223 g/mol. The number of nitrogens with two attached hydrogens (primary N) is 1. The molecule has 0 bridgehead atoms. The summed E-state index contributed by atoms with van der Waals surface area (Å²) < 4.78 is 4.98. The average Bonchev–Trinajstić information content (AvgIpc) is 2.28. The summed E-state index contributed by atoms with van der Waals surface area (Å²) in [5.41, 5.74) is 7.43. The molecule has 1 amide bonds. The van der Waals surface area contributed by atoms with Gasteiger partial charge in [0.2, 0.25) is 0 Å². The van der Waals surface area contributed by atoms with Crippen molar-refractivity contribution in [2.75, 3.05) is 12.4 Å². The molecule has 0 radical (unpaired) electrons. The molecule has 1 unspecified atom stereocenters. The van der Waals surface area contributed by atoms with E-state index in [1.165, 1.54) is 7.05 Å². The number of benzene rings is 1. The summed E-state index contributed by atoms with van der Waals surface area (Å²) >= 11 is 0. The van der Waals surface area contributed by atoms with Crippen LogP contribution in [0.2, 0.25) is 0 Å². The number of nitrogens with one attached hydrogen (secondary N) is 2. The maximum absolute atomic E-state index is 10.9. The quantitative estimate of drug-likeness (QED) is 0.672. The molecule has 0 aliphatic heterocycles. The summed E-state index contributed by atoms with van der Waals surface area (Å²) in [6, 6.07) is 7.65. The van der Waals surface area contributed by atoms with E-state index in [1.807, 2.05) is 24.3 Å². The van der Waals surface area contributed by atoms with Gasteiger partial charge in [0, 0.05) is 19.3 Å². The Morgan fingerprint density at radius 2 is 2.31 bits per heavy atom. The molecule has 5 nitrogen and oxygen atoms in total. The first-order valence-corrected chi connectivity index (χ1v) is 5.09. The van der Waals surface area contributed by atoms with Crippen molar-refractivity contribution in [3.63, 3.8) is 0 Å². The normalized spacial score (nSPS) is 11.7. The molecular formula is C11H17N3O2. The third kappa shape index (κ3) is 3.78. The van der Waals surface area contributed by atoms with Gasteiger partial charge in [-0.05, 0) is 24.6 Å². The van der Waals surface area contributed by atoms with Gasteiger partial charge in [0.1, 0.15) is 0 Å². The number of carbonyl (C=O) groups is 1. The Labute approximate surface area is 95.0 Å². The molecule has 4 N–H and O–H groups in total. The molecule has 0 spiro atoms. The summed E-state index contributed by atoms with van der Waals surface area (Å²) in [5.74, 6) is 0. The molecule has 88 valence electrons. The number of hydrogen-bond acceptors (Lipinski definition) is 4. The fourth-order valence-electron chi connectivity index (χ4n) is 1.27. The topological polar surface area (TPSA) is 76.4 Å². The highest BCUT2D eigenvalue weighted by Crippen LogP contribution is 2.11. The molecule has 0 aromatic heterocycles. The third-order valence-electron chi connectivity index (χ3n) is 2.02. The van der Waals surface area contributed by atoms with Gasteiger partial charge in [0.25, 0.3) is 0 Å². The lowest BCUT2D eigenvalue weighted by molar-refractivity contribution is 0.121. The van der Waals surface area contributed by atoms with E-state index in [4.69, 9.17) is 10.5 Å². The van der Waals surface area contributed by atoms with Crippen LogP contribution in [0.15, 0.2) is 24.3 Å². The van der Waals surface area contributed by atoms with Gasteiger partial charge in [0.15, 0.2) is 6.23 Å². The molecule has 5 heteroatoms. The Kier molecular flexibility index (Phi) is 4.60. The van der Waals surface area contributed by atoms with Crippen LogP contribution in [0.3, 0.4) is 0 Å². The predicted octanol–water partition coefficient (Wildman–Crippen LogP) is 1.26. The van der Waals surface area contributed by atoms with E-state index < -0.39 is 12.3 Å². The van der Waals surface area contributed by atoms with Gasteiger partial charge < -0.3 is 21.1 Å². The lowest BCUT2D eigenvalue weighted by atomic mass is 10.2. The van der Waals surface area contributed by atoms with E-state index >= 15 is 0 Å². The highest BCUT2D eigenvalue weighted by Gasteiger charge is 2.06.